The van der Waals surface area contributed by atoms with Gasteiger partial charge in [0.25, 0.3) is 0 Å². The van der Waals surface area contributed by atoms with Crippen LogP contribution in [0.1, 0.15) is 64.5 Å². The third-order valence-electron chi connectivity index (χ3n) is 4.85. The maximum Gasteiger partial charge on any atom is 0.154 e. The van der Waals surface area contributed by atoms with Crippen LogP contribution in [0.5, 0.6) is 0 Å². The molecule has 0 amide bonds. The van der Waals surface area contributed by atoms with Gasteiger partial charge in [0.1, 0.15) is 5.82 Å². The third kappa shape index (κ3) is 2.30. The molecule has 3 unspecified atom stereocenters. The standard InChI is InChI=1S/C14H26N4/c1-5-6-12-16-13(18-17-12)10-7-8-11(15)9(2)14(10,3)4/h9-11H,5-8,15H2,1-4H3,(H,16,17,18). The van der Waals surface area contributed by atoms with Crippen LogP contribution in [0.4, 0.5) is 0 Å². The number of nitrogens with zero attached hydrogens (tertiary/aromatic N) is 2. The molecule has 0 aromatic carbocycles. The lowest BCUT2D eigenvalue weighted by Gasteiger charge is -2.45. The fourth-order valence-corrected chi connectivity index (χ4v) is 3.13. The molecule has 3 atom stereocenters. The Labute approximate surface area is 110 Å². The highest BCUT2D eigenvalue weighted by molar-refractivity contribution is 5.08. The van der Waals surface area contributed by atoms with Crippen LogP contribution in [0, 0.1) is 11.3 Å². The maximum atomic E-state index is 6.20. The summed E-state index contributed by atoms with van der Waals surface area (Å²) < 4.78 is 0. The van der Waals surface area contributed by atoms with Crippen molar-refractivity contribution in [2.75, 3.05) is 0 Å². The van der Waals surface area contributed by atoms with Crippen LogP contribution in [0.3, 0.4) is 0 Å². The number of hydrogen-bond donors (Lipinski definition) is 2. The molecule has 0 radical (unpaired) electrons. The fraction of sp³-hybridized carbons (Fsp3) is 0.857. The average molecular weight is 250 g/mol. The molecule has 0 bridgehead atoms. The highest BCUT2D eigenvalue weighted by Crippen LogP contribution is 2.48. The van der Waals surface area contributed by atoms with Gasteiger partial charge in [-0.3, -0.25) is 5.10 Å². The second-order valence-electron chi connectivity index (χ2n) is 6.29. The Kier molecular flexibility index (Phi) is 3.76. The first-order chi connectivity index (χ1) is 8.46. The Morgan fingerprint density at radius 2 is 2.11 bits per heavy atom. The molecule has 1 aliphatic rings. The van der Waals surface area contributed by atoms with Crippen LogP contribution < -0.4 is 5.73 Å². The van der Waals surface area contributed by atoms with Gasteiger partial charge in [-0.05, 0) is 30.6 Å². The number of aryl methyl sites for hydroxylation is 1. The summed E-state index contributed by atoms with van der Waals surface area (Å²) >= 11 is 0. The number of H-pyrrole nitrogens is 1. The monoisotopic (exact) mass is 250 g/mol. The second-order valence-corrected chi connectivity index (χ2v) is 6.29. The van der Waals surface area contributed by atoms with Crippen molar-refractivity contribution in [2.45, 2.75) is 65.3 Å². The second kappa shape index (κ2) is 5.00. The van der Waals surface area contributed by atoms with E-state index in [0.29, 0.717) is 17.9 Å². The highest BCUT2D eigenvalue weighted by atomic mass is 15.2. The van der Waals surface area contributed by atoms with Crippen LogP contribution in [-0.4, -0.2) is 21.2 Å². The highest BCUT2D eigenvalue weighted by Gasteiger charge is 2.43. The molecular formula is C14H26N4. The van der Waals surface area contributed by atoms with Crippen molar-refractivity contribution in [3.8, 4) is 0 Å². The summed E-state index contributed by atoms with van der Waals surface area (Å²) in [6.45, 7) is 9.03. The number of nitrogens with two attached hydrogens (primary N) is 1. The number of rotatable bonds is 3. The first-order valence-electron chi connectivity index (χ1n) is 7.13. The van der Waals surface area contributed by atoms with Gasteiger partial charge in [-0.15, -0.1) is 0 Å². The summed E-state index contributed by atoms with van der Waals surface area (Å²) in [5.74, 6) is 2.94. The molecule has 4 heteroatoms. The van der Waals surface area contributed by atoms with Gasteiger partial charge in [0.05, 0.1) is 0 Å². The lowest BCUT2D eigenvalue weighted by molar-refractivity contribution is 0.0950. The summed E-state index contributed by atoms with van der Waals surface area (Å²) in [5.41, 5.74) is 6.37. The Morgan fingerprint density at radius 1 is 1.39 bits per heavy atom. The number of hydrogen-bond acceptors (Lipinski definition) is 3. The molecule has 1 aromatic rings. The minimum absolute atomic E-state index is 0.170. The van der Waals surface area contributed by atoms with Crippen LogP contribution in [-0.2, 0) is 6.42 Å². The molecule has 2 rings (SSSR count). The number of aromatic nitrogens is 3. The molecule has 1 aromatic heterocycles. The molecular weight excluding hydrogens is 224 g/mol. The quantitative estimate of drug-likeness (QED) is 0.866. The van der Waals surface area contributed by atoms with Gasteiger partial charge in [0, 0.05) is 18.4 Å². The van der Waals surface area contributed by atoms with Crippen LogP contribution in [0.2, 0.25) is 0 Å². The molecule has 0 aliphatic heterocycles. The topological polar surface area (TPSA) is 67.6 Å². The normalized spacial score (nSPS) is 31.5. The predicted molar refractivity (Wildman–Crippen MR) is 73.3 cm³/mol. The largest absolute Gasteiger partial charge is 0.327 e. The Balaban J connectivity index is 2.21. The van der Waals surface area contributed by atoms with Gasteiger partial charge in [0.2, 0.25) is 0 Å². The summed E-state index contributed by atoms with van der Waals surface area (Å²) in [6.07, 6.45) is 4.26. The third-order valence-corrected chi connectivity index (χ3v) is 4.85. The first-order valence-corrected chi connectivity index (χ1v) is 7.13. The van der Waals surface area contributed by atoms with Crippen molar-refractivity contribution in [3.05, 3.63) is 11.6 Å². The van der Waals surface area contributed by atoms with Crippen molar-refractivity contribution < 1.29 is 0 Å². The van der Waals surface area contributed by atoms with E-state index in [1.165, 1.54) is 0 Å². The molecule has 0 spiro atoms. The van der Waals surface area contributed by atoms with Crippen molar-refractivity contribution in [1.29, 1.82) is 0 Å². The van der Waals surface area contributed by atoms with E-state index < -0.39 is 0 Å². The number of nitrogens with one attached hydrogen (secondary N) is 1. The van der Waals surface area contributed by atoms with E-state index in [0.717, 1.165) is 37.3 Å². The summed E-state index contributed by atoms with van der Waals surface area (Å²) in [7, 11) is 0. The van der Waals surface area contributed by atoms with Gasteiger partial charge in [-0.25, -0.2) is 4.98 Å². The lowest BCUT2D eigenvalue weighted by atomic mass is 9.61. The molecule has 4 nitrogen and oxygen atoms in total. The van der Waals surface area contributed by atoms with Crippen molar-refractivity contribution in [2.24, 2.45) is 17.1 Å². The summed E-state index contributed by atoms with van der Waals surface area (Å²) in [5, 5.41) is 7.51. The smallest absolute Gasteiger partial charge is 0.154 e. The Morgan fingerprint density at radius 3 is 2.78 bits per heavy atom. The average Bonchev–Trinajstić information content (AvgIpc) is 2.75. The molecule has 0 saturated heterocycles. The summed E-state index contributed by atoms with van der Waals surface area (Å²) in [6, 6.07) is 0.310. The SMILES string of the molecule is CCCc1nc(C2CCC(N)C(C)C2(C)C)n[nH]1. The zero-order chi connectivity index (χ0) is 13.3. The zero-order valence-electron chi connectivity index (χ0n) is 12.0. The van der Waals surface area contributed by atoms with Crippen LogP contribution in [0.15, 0.2) is 0 Å². The maximum absolute atomic E-state index is 6.20. The molecule has 102 valence electrons. The minimum Gasteiger partial charge on any atom is -0.327 e. The van der Waals surface area contributed by atoms with Crippen molar-refractivity contribution in [3.63, 3.8) is 0 Å². The van der Waals surface area contributed by atoms with E-state index >= 15 is 0 Å². The van der Waals surface area contributed by atoms with Gasteiger partial charge in [-0.1, -0.05) is 27.7 Å². The van der Waals surface area contributed by atoms with E-state index in [1.54, 1.807) is 0 Å². The fourth-order valence-electron chi connectivity index (χ4n) is 3.13. The number of aromatic amines is 1. The van der Waals surface area contributed by atoms with Gasteiger partial charge < -0.3 is 5.73 Å². The summed E-state index contributed by atoms with van der Waals surface area (Å²) in [4.78, 5) is 4.67. The van der Waals surface area contributed by atoms with E-state index in [-0.39, 0.29) is 5.41 Å². The van der Waals surface area contributed by atoms with Crippen LogP contribution in [0.25, 0.3) is 0 Å². The molecule has 1 aliphatic carbocycles. The van der Waals surface area contributed by atoms with Gasteiger partial charge in [-0.2, -0.15) is 5.10 Å². The molecule has 1 saturated carbocycles. The van der Waals surface area contributed by atoms with E-state index in [4.69, 9.17) is 5.73 Å². The van der Waals surface area contributed by atoms with Crippen LogP contribution >= 0.6 is 0 Å². The Hall–Kier alpha value is -0.900. The zero-order valence-corrected chi connectivity index (χ0v) is 12.0. The predicted octanol–water partition coefficient (Wildman–Crippen LogP) is 2.62. The van der Waals surface area contributed by atoms with E-state index in [9.17, 15) is 0 Å². The van der Waals surface area contributed by atoms with Gasteiger partial charge >= 0.3 is 0 Å². The van der Waals surface area contributed by atoms with Gasteiger partial charge in [0.15, 0.2) is 5.82 Å². The molecule has 1 fully saturated rings. The molecule has 18 heavy (non-hydrogen) atoms. The minimum atomic E-state index is 0.170. The van der Waals surface area contributed by atoms with Crippen molar-refractivity contribution in [1.82, 2.24) is 15.2 Å². The molecule has 1 heterocycles. The van der Waals surface area contributed by atoms with E-state index in [1.807, 2.05) is 0 Å². The van der Waals surface area contributed by atoms with Crippen molar-refractivity contribution >= 4 is 0 Å². The lowest BCUT2D eigenvalue weighted by Crippen LogP contribution is -2.46. The van der Waals surface area contributed by atoms with E-state index in [2.05, 4.69) is 42.9 Å². The first kappa shape index (κ1) is 13.5. The molecule has 3 N–H and O–H groups in total. The Bertz CT molecular complexity index is 396.